The van der Waals surface area contributed by atoms with E-state index in [-0.39, 0.29) is 16.5 Å². The van der Waals surface area contributed by atoms with Gasteiger partial charge in [0.2, 0.25) is 5.28 Å². The number of benzene rings is 1. The Labute approximate surface area is 100 Å². The fraction of sp³-hybridized carbons (Fsp3) is 0. The molecule has 5 nitrogen and oxygen atoms in total. The van der Waals surface area contributed by atoms with Gasteiger partial charge in [-0.05, 0) is 23.7 Å². The number of rotatable bonds is 2. The Bertz CT molecular complexity index is 574. The van der Waals surface area contributed by atoms with E-state index in [0.717, 1.165) is 12.1 Å². The third-order valence-corrected chi connectivity index (χ3v) is 2.28. The van der Waals surface area contributed by atoms with Crippen molar-refractivity contribution >= 4 is 17.3 Å². The SMILES string of the molecule is O=[N+]([O-])c1cc(F)ccc1-c1cnc(Cl)nc1. The predicted octanol–water partition coefficient (Wildman–Crippen LogP) is 2.84. The van der Waals surface area contributed by atoms with E-state index >= 15 is 0 Å². The normalized spacial score (nSPS) is 10.2. The molecule has 0 radical (unpaired) electrons. The minimum Gasteiger partial charge on any atom is -0.258 e. The lowest BCUT2D eigenvalue weighted by Crippen LogP contribution is -1.94. The van der Waals surface area contributed by atoms with Crippen LogP contribution in [0.1, 0.15) is 0 Å². The predicted molar refractivity (Wildman–Crippen MR) is 59.1 cm³/mol. The number of nitrogens with zero attached hydrogens (tertiary/aromatic N) is 3. The van der Waals surface area contributed by atoms with Gasteiger partial charge in [-0.1, -0.05) is 0 Å². The molecule has 0 spiro atoms. The number of hydrogen-bond donors (Lipinski definition) is 0. The summed E-state index contributed by atoms with van der Waals surface area (Å²) in [6, 6.07) is 3.29. The molecule has 0 saturated heterocycles. The van der Waals surface area contributed by atoms with E-state index in [1.807, 2.05) is 0 Å². The molecule has 0 amide bonds. The van der Waals surface area contributed by atoms with Crippen molar-refractivity contribution < 1.29 is 9.31 Å². The molecule has 1 aromatic carbocycles. The van der Waals surface area contributed by atoms with Crippen molar-refractivity contribution in [1.29, 1.82) is 0 Å². The van der Waals surface area contributed by atoms with Gasteiger partial charge in [0.05, 0.1) is 16.6 Å². The van der Waals surface area contributed by atoms with E-state index in [2.05, 4.69) is 9.97 Å². The highest BCUT2D eigenvalue weighted by molar-refractivity contribution is 6.28. The van der Waals surface area contributed by atoms with Crippen LogP contribution in [0.2, 0.25) is 5.28 Å². The fourth-order valence-electron chi connectivity index (χ4n) is 1.35. The zero-order valence-electron chi connectivity index (χ0n) is 8.30. The number of nitro groups is 1. The van der Waals surface area contributed by atoms with Crippen LogP contribution in [0.3, 0.4) is 0 Å². The zero-order valence-corrected chi connectivity index (χ0v) is 9.06. The first-order chi connectivity index (χ1) is 8.08. The largest absolute Gasteiger partial charge is 0.280 e. The first kappa shape index (κ1) is 11.4. The first-order valence-corrected chi connectivity index (χ1v) is 4.87. The molecule has 0 aliphatic rings. The molecule has 1 heterocycles. The quantitative estimate of drug-likeness (QED) is 0.469. The topological polar surface area (TPSA) is 68.9 Å². The lowest BCUT2D eigenvalue weighted by atomic mass is 10.1. The Kier molecular flexibility index (Phi) is 2.97. The Hall–Kier alpha value is -2.08. The van der Waals surface area contributed by atoms with E-state index in [1.54, 1.807) is 0 Å². The molecule has 7 heteroatoms. The molecule has 0 bridgehead atoms. The molecule has 0 aliphatic carbocycles. The molecule has 0 aliphatic heterocycles. The smallest absolute Gasteiger partial charge is 0.258 e. The van der Waals surface area contributed by atoms with Gasteiger partial charge >= 0.3 is 0 Å². The molecule has 0 saturated carbocycles. The van der Waals surface area contributed by atoms with Crippen molar-refractivity contribution in [2.45, 2.75) is 0 Å². The lowest BCUT2D eigenvalue weighted by Gasteiger charge is -2.02. The average Bonchev–Trinajstić information content (AvgIpc) is 2.30. The summed E-state index contributed by atoms with van der Waals surface area (Å²) >= 11 is 5.51. The summed E-state index contributed by atoms with van der Waals surface area (Å²) < 4.78 is 12.9. The van der Waals surface area contributed by atoms with Crippen molar-refractivity contribution in [2.24, 2.45) is 0 Å². The number of halogens is 2. The molecule has 17 heavy (non-hydrogen) atoms. The molecular formula is C10H5ClFN3O2. The third-order valence-electron chi connectivity index (χ3n) is 2.09. The molecule has 2 rings (SSSR count). The summed E-state index contributed by atoms with van der Waals surface area (Å²) in [4.78, 5) is 17.6. The van der Waals surface area contributed by atoms with Crippen LogP contribution in [-0.2, 0) is 0 Å². The third kappa shape index (κ3) is 2.36. The summed E-state index contributed by atoms with van der Waals surface area (Å²) in [7, 11) is 0. The summed E-state index contributed by atoms with van der Waals surface area (Å²) in [5.41, 5.74) is 0.310. The molecule has 0 N–H and O–H groups in total. The van der Waals surface area contributed by atoms with Crippen LogP contribution in [0.5, 0.6) is 0 Å². The Morgan fingerprint density at radius 3 is 2.53 bits per heavy atom. The van der Waals surface area contributed by atoms with Crippen LogP contribution in [0.15, 0.2) is 30.6 Å². The molecule has 0 fully saturated rings. The van der Waals surface area contributed by atoms with E-state index in [9.17, 15) is 14.5 Å². The minimum absolute atomic E-state index is 0.0403. The number of nitro benzene ring substituents is 1. The van der Waals surface area contributed by atoms with Gasteiger partial charge in [-0.3, -0.25) is 10.1 Å². The van der Waals surface area contributed by atoms with Crippen molar-refractivity contribution in [1.82, 2.24) is 9.97 Å². The standard InChI is InChI=1S/C10H5ClFN3O2/c11-10-13-4-6(5-14-10)8-2-1-7(12)3-9(8)15(16)17/h1-5H. The Balaban J connectivity index is 2.58. The fourth-order valence-corrected chi connectivity index (χ4v) is 1.45. The number of hydrogen-bond acceptors (Lipinski definition) is 4. The van der Waals surface area contributed by atoms with E-state index in [0.29, 0.717) is 5.56 Å². The summed E-state index contributed by atoms with van der Waals surface area (Å²) in [5, 5.41) is 10.8. The Morgan fingerprint density at radius 1 is 1.29 bits per heavy atom. The molecule has 86 valence electrons. The van der Waals surface area contributed by atoms with Crippen LogP contribution >= 0.6 is 11.6 Å². The summed E-state index contributed by atoms with van der Waals surface area (Å²) in [6.45, 7) is 0. The van der Waals surface area contributed by atoms with Crippen molar-refractivity contribution in [3.63, 3.8) is 0 Å². The van der Waals surface area contributed by atoms with E-state index < -0.39 is 10.7 Å². The second-order valence-electron chi connectivity index (χ2n) is 3.16. The van der Waals surface area contributed by atoms with Gasteiger partial charge in [0.25, 0.3) is 5.69 Å². The Morgan fingerprint density at radius 2 is 1.94 bits per heavy atom. The summed E-state index contributed by atoms with van der Waals surface area (Å²) in [6.07, 6.45) is 2.69. The maximum absolute atomic E-state index is 12.9. The van der Waals surface area contributed by atoms with E-state index in [1.165, 1.54) is 18.5 Å². The molecule has 0 unspecified atom stereocenters. The molecule has 0 atom stereocenters. The van der Waals surface area contributed by atoms with Gasteiger partial charge in [0.15, 0.2) is 0 Å². The highest BCUT2D eigenvalue weighted by Crippen LogP contribution is 2.29. The van der Waals surface area contributed by atoms with Gasteiger partial charge in [0.1, 0.15) is 5.82 Å². The monoisotopic (exact) mass is 253 g/mol. The number of aromatic nitrogens is 2. The molecular weight excluding hydrogens is 249 g/mol. The van der Waals surface area contributed by atoms with Crippen LogP contribution in [-0.4, -0.2) is 14.9 Å². The van der Waals surface area contributed by atoms with Crippen LogP contribution < -0.4 is 0 Å². The van der Waals surface area contributed by atoms with Crippen molar-refractivity contribution in [2.75, 3.05) is 0 Å². The van der Waals surface area contributed by atoms with Crippen LogP contribution in [0.4, 0.5) is 10.1 Å². The van der Waals surface area contributed by atoms with Gasteiger partial charge in [0, 0.05) is 18.0 Å². The van der Waals surface area contributed by atoms with Crippen LogP contribution in [0, 0.1) is 15.9 Å². The molecule has 2 aromatic rings. The van der Waals surface area contributed by atoms with Gasteiger partial charge in [-0.25, -0.2) is 14.4 Å². The second kappa shape index (κ2) is 4.42. The zero-order chi connectivity index (χ0) is 12.4. The van der Waals surface area contributed by atoms with Crippen molar-refractivity contribution in [3.05, 3.63) is 51.8 Å². The van der Waals surface area contributed by atoms with Gasteiger partial charge < -0.3 is 0 Å². The summed E-state index contributed by atoms with van der Waals surface area (Å²) in [5.74, 6) is -0.671. The average molecular weight is 254 g/mol. The highest BCUT2D eigenvalue weighted by Gasteiger charge is 2.16. The van der Waals surface area contributed by atoms with Crippen LogP contribution in [0.25, 0.3) is 11.1 Å². The lowest BCUT2D eigenvalue weighted by molar-refractivity contribution is -0.384. The van der Waals surface area contributed by atoms with Crippen molar-refractivity contribution in [3.8, 4) is 11.1 Å². The van der Waals surface area contributed by atoms with E-state index in [4.69, 9.17) is 11.6 Å². The maximum Gasteiger partial charge on any atom is 0.280 e. The van der Waals surface area contributed by atoms with Gasteiger partial charge in [-0.15, -0.1) is 0 Å². The minimum atomic E-state index is -0.671. The maximum atomic E-state index is 12.9. The second-order valence-corrected chi connectivity index (χ2v) is 3.50. The molecule has 1 aromatic heterocycles. The first-order valence-electron chi connectivity index (χ1n) is 4.50. The van der Waals surface area contributed by atoms with Gasteiger partial charge in [-0.2, -0.15) is 0 Å². The highest BCUT2D eigenvalue weighted by atomic mass is 35.5.